The topological polar surface area (TPSA) is 83.5 Å². The summed E-state index contributed by atoms with van der Waals surface area (Å²) in [7, 11) is -3.72. The maximum atomic E-state index is 13.0. The van der Waals surface area contributed by atoms with E-state index in [9.17, 15) is 17.6 Å². The van der Waals surface area contributed by atoms with Gasteiger partial charge >= 0.3 is 0 Å². The van der Waals surface area contributed by atoms with E-state index in [2.05, 4.69) is 8.75 Å². The van der Waals surface area contributed by atoms with Gasteiger partial charge in [-0.25, -0.2) is 12.8 Å². The number of carbonyl (C=O) groups excluding carboxylic acids is 1. The Bertz CT molecular complexity index is 1170. The second-order valence-electron chi connectivity index (χ2n) is 6.50. The summed E-state index contributed by atoms with van der Waals surface area (Å²) >= 11 is 0.974. The first-order valence-electron chi connectivity index (χ1n) is 8.89. The quantitative estimate of drug-likeness (QED) is 0.591. The van der Waals surface area contributed by atoms with Gasteiger partial charge in [-0.1, -0.05) is 18.2 Å². The number of sulfonamides is 1. The molecule has 1 fully saturated rings. The van der Waals surface area contributed by atoms with E-state index in [1.165, 1.54) is 28.6 Å². The molecular weight excluding hydrogens is 415 g/mol. The number of hydrogen-bond acceptors (Lipinski definition) is 6. The highest BCUT2D eigenvalue weighted by Crippen LogP contribution is 2.25. The van der Waals surface area contributed by atoms with E-state index in [1.54, 1.807) is 35.2 Å². The van der Waals surface area contributed by atoms with Crippen LogP contribution in [0.2, 0.25) is 0 Å². The number of benzene rings is 2. The summed E-state index contributed by atoms with van der Waals surface area (Å²) in [5.41, 5.74) is 1.64. The molecule has 7 nitrogen and oxygen atoms in total. The van der Waals surface area contributed by atoms with Crippen LogP contribution in [0.15, 0.2) is 53.4 Å². The van der Waals surface area contributed by atoms with Crippen LogP contribution >= 0.6 is 11.7 Å². The maximum absolute atomic E-state index is 13.0. The third kappa shape index (κ3) is 4.04. The average Bonchev–Trinajstić information content (AvgIpc) is 3.22. The Kier molecular flexibility index (Phi) is 5.39. The zero-order valence-corrected chi connectivity index (χ0v) is 16.9. The van der Waals surface area contributed by atoms with Crippen LogP contribution in [0.4, 0.5) is 4.39 Å². The van der Waals surface area contributed by atoms with Crippen molar-refractivity contribution in [2.24, 2.45) is 0 Å². The molecule has 0 aliphatic carbocycles. The summed E-state index contributed by atoms with van der Waals surface area (Å²) in [6.07, 6.45) is 3.03. The largest absolute Gasteiger partial charge is 0.337 e. The van der Waals surface area contributed by atoms with E-state index in [-0.39, 0.29) is 42.8 Å². The van der Waals surface area contributed by atoms with Gasteiger partial charge in [-0.05, 0) is 35.9 Å². The molecule has 4 rings (SSSR count). The summed E-state index contributed by atoms with van der Waals surface area (Å²) in [6, 6.07) is 10.7. The Morgan fingerprint density at radius 1 is 1.03 bits per heavy atom. The predicted molar refractivity (Wildman–Crippen MR) is 108 cm³/mol. The van der Waals surface area contributed by atoms with E-state index < -0.39 is 10.0 Å². The smallest absolute Gasteiger partial charge is 0.246 e. The number of nitrogens with zero attached hydrogens (tertiary/aromatic N) is 4. The van der Waals surface area contributed by atoms with Crippen molar-refractivity contribution in [1.29, 1.82) is 0 Å². The lowest BCUT2D eigenvalue weighted by Crippen LogP contribution is -2.50. The van der Waals surface area contributed by atoms with Gasteiger partial charge in [0.2, 0.25) is 15.9 Å². The van der Waals surface area contributed by atoms with Gasteiger partial charge in [0, 0.05) is 32.3 Å². The van der Waals surface area contributed by atoms with Crippen molar-refractivity contribution < 1.29 is 17.6 Å². The molecule has 0 unspecified atom stereocenters. The molecule has 0 saturated carbocycles. The molecule has 0 N–H and O–H groups in total. The van der Waals surface area contributed by atoms with Gasteiger partial charge in [0.1, 0.15) is 21.7 Å². The number of rotatable bonds is 4. The molecule has 10 heteroatoms. The van der Waals surface area contributed by atoms with Crippen molar-refractivity contribution in [2.45, 2.75) is 4.90 Å². The van der Waals surface area contributed by atoms with Crippen molar-refractivity contribution in [2.75, 3.05) is 26.2 Å². The molecule has 1 saturated heterocycles. The van der Waals surface area contributed by atoms with Gasteiger partial charge < -0.3 is 4.90 Å². The molecule has 0 bridgehead atoms. The lowest BCUT2D eigenvalue weighted by atomic mass is 10.2. The van der Waals surface area contributed by atoms with Gasteiger partial charge in [0.15, 0.2) is 0 Å². The van der Waals surface area contributed by atoms with Crippen molar-refractivity contribution in [1.82, 2.24) is 18.0 Å². The molecule has 150 valence electrons. The van der Waals surface area contributed by atoms with Crippen LogP contribution in [0.1, 0.15) is 5.56 Å². The lowest BCUT2D eigenvalue weighted by Gasteiger charge is -2.33. The van der Waals surface area contributed by atoms with Crippen LogP contribution in [0.25, 0.3) is 17.1 Å². The van der Waals surface area contributed by atoms with Crippen molar-refractivity contribution in [3.8, 4) is 0 Å². The number of halogens is 1. The van der Waals surface area contributed by atoms with Crippen LogP contribution in [0, 0.1) is 5.82 Å². The van der Waals surface area contributed by atoms with E-state index in [1.807, 2.05) is 0 Å². The van der Waals surface area contributed by atoms with Gasteiger partial charge in [0.25, 0.3) is 0 Å². The highest BCUT2D eigenvalue weighted by Gasteiger charge is 2.31. The number of fused-ring (bicyclic) bond motifs is 1. The fourth-order valence-corrected chi connectivity index (χ4v) is 5.30. The number of hydrogen-bond donors (Lipinski definition) is 0. The standard InChI is InChI=1S/C19H17FN4O3S2/c20-15-7-4-14(5-8-15)6-9-18(25)23-10-12-24(13-11-23)29(26,27)17-3-1-2-16-19(17)22-28-21-16/h1-9H,10-13H2/b9-6+. The fraction of sp³-hybridized carbons (Fsp3) is 0.211. The molecule has 0 radical (unpaired) electrons. The van der Waals surface area contributed by atoms with Crippen LogP contribution in [0.5, 0.6) is 0 Å². The van der Waals surface area contributed by atoms with E-state index in [0.717, 1.165) is 11.7 Å². The average molecular weight is 433 g/mol. The van der Waals surface area contributed by atoms with Crippen LogP contribution in [-0.4, -0.2) is 58.5 Å². The highest BCUT2D eigenvalue weighted by atomic mass is 32.2. The third-order valence-corrected chi connectivity index (χ3v) is 7.18. The number of carbonyl (C=O) groups is 1. The molecule has 2 heterocycles. The molecule has 0 spiro atoms. The predicted octanol–water partition coefficient (Wildman–Crippen LogP) is 2.38. The molecule has 1 aliphatic rings. The number of aromatic nitrogens is 2. The first kappa shape index (κ1) is 19.6. The second-order valence-corrected chi connectivity index (χ2v) is 8.94. The monoisotopic (exact) mass is 432 g/mol. The van der Waals surface area contributed by atoms with Crippen molar-refractivity contribution >= 4 is 44.8 Å². The normalized spacial score (nSPS) is 16.0. The molecule has 1 aliphatic heterocycles. The third-order valence-electron chi connectivity index (χ3n) is 4.71. The lowest BCUT2D eigenvalue weighted by molar-refractivity contribution is -0.127. The van der Waals surface area contributed by atoms with Crippen molar-refractivity contribution in [3.63, 3.8) is 0 Å². The van der Waals surface area contributed by atoms with Crippen molar-refractivity contribution in [3.05, 3.63) is 59.9 Å². The zero-order chi connectivity index (χ0) is 20.4. The first-order valence-corrected chi connectivity index (χ1v) is 11.1. The molecule has 0 atom stereocenters. The number of amides is 1. The molecule has 1 aromatic heterocycles. The van der Waals surface area contributed by atoms with E-state index in [0.29, 0.717) is 16.6 Å². The van der Waals surface area contributed by atoms with Gasteiger partial charge in [0.05, 0.1) is 11.7 Å². The Morgan fingerprint density at radius 3 is 2.48 bits per heavy atom. The Labute approximate surface area is 171 Å². The molecule has 1 amide bonds. The van der Waals surface area contributed by atoms with Gasteiger partial charge in [-0.15, -0.1) is 0 Å². The fourth-order valence-electron chi connectivity index (χ4n) is 3.12. The molecule has 29 heavy (non-hydrogen) atoms. The summed E-state index contributed by atoms with van der Waals surface area (Å²) in [6.45, 7) is 0.979. The molecular formula is C19H17FN4O3S2. The minimum Gasteiger partial charge on any atom is -0.337 e. The molecule has 2 aromatic carbocycles. The zero-order valence-electron chi connectivity index (χ0n) is 15.2. The van der Waals surface area contributed by atoms with Gasteiger partial charge in [-0.3, -0.25) is 4.79 Å². The highest BCUT2D eigenvalue weighted by molar-refractivity contribution is 7.89. The van der Waals surface area contributed by atoms with Crippen LogP contribution < -0.4 is 0 Å². The summed E-state index contributed by atoms with van der Waals surface area (Å²) in [5.74, 6) is -0.549. The van der Waals surface area contributed by atoms with E-state index >= 15 is 0 Å². The van der Waals surface area contributed by atoms with Crippen LogP contribution in [0.3, 0.4) is 0 Å². The number of piperazine rings is 1. The minimum absolute atomic E-state index is 0.139. The van der Waals surface area contributed by atoms with E-state index in [4.69, 9.17) is 0 Å². The van der Waals surface area contributed by atoms with Crippen LogP contribution in [-0.2, 0) is 14.8 Å². The second kappa shape index (κ2) is 7.97. The maximum Gasteiger partial charge on any atom is 0.246 e. The summed E-state index contributed by atoms with van der Waals surface area (Å²) < 4.78 is 48.6. The Balaban J connectivity index is 1.43. The Hall–Kier alpha value is -2.69. The summed E-state index contributed by atoms with van der Waals surface area (Å²) in [4.78, 5) is 14.1. The van der Waals surface area contributed by atoms with Gasteiger partial charge in [-0.2, -0.15) is 13.1 Å². The molecule has 3 aromatic rings. The minimum atomic E-state index is -3.72. The SMILES string of the molecule is O=C(/C=C/c1ccc(F)cc1)N1CCN(S(=O)(=O)c2cccc3nsnc23)CC1. The summed E-state index contributed by atoms with van der Waals surface area (Å²) in [5, 5.41) is 0. The Morgan fingerprint density at radius 2 is 1.76 bits per heavy atom. The first-order chi connectivity index (χ1) is 13.9.